The molecule has 0 radical (unpaired) electrons. The summed E-state index contributed by atoms with van der Waals surface area (Å²) in [6.45, 7) is 4.71. The highest BCUT2D eigenvalue weighted by atomic mass is 16.5. The van der Waals surface area contributed by atoms with Crippen LogP contribution in [0.1, 0.15) is 24.1 Å². The van der Waals surface area contributed by atoms with Gasteiger partial charge in [0.25, 0.3) is 0 Å². The summed E-state index contributed by atoms with van der Waals surface area (Å²) in [4.78, 5) is 0. The Morgan fingerprint density at radius 2 is 1.90 bits per heavy atom. The van der Waals surface area contributed by atoms with Gasteiger partial charge in [-0.1, -0.05) is 24.3 Å². The van der Waals surface area contributed by atoms with Crippen molar-refractivity contribution in [3.8, 4) is 5.75 Å². The summed E-state index contributed by atoms with van der Waals surface area (Å²) < 4.78 is 5.43. The zero-order chi connectivity index (χ0) is 14.4. The average molecular weight is 271 g/mol. The molecule has 0 aliphatic carbocycles. The lowest BCUT2D eigenvalue weighted by atomic mass is 10.1. The fraction of sp³-hybridized carbons (Fsp3) is 0.294. The van der Waals surface area contributed by atoms with Crippen LogP contribution in [0.15, 0.2) is 48.5 Å². The number of ether oxygens (including phenoxy) is 1. The second kappa shape index (κ2) is 6.96. The fourth-order valence-electron chi connectivity index (χ4n) is 2.13. The normalized spacial score (nSPS) is 11.9. The molecule has 0 bridgehead atoms. The van der Waals surface area contributed by atoms with Crippen molar-refractivity contribution < 1.29 is 9.84 Å². The zero-order valence-electron chi connectivity index (χ0n) is 12.0. The first kappa shape index (κ1) is 14.4. The second-order valence-electron chi connectivity index (χ2n) is 4.75. The first-order chi connectivity index (χ1) is 9.72. The van der Waals surface area contributed by atoms with Crippen LogP contribution in [0.4, 0.5) is 5.69 Å². The number of hydrogen-bond acceptors (Lipinski definition) is 3. The highest BCUT2D eigenvalue weighted by molar-refractivity contribution is 5.48. The molecule has 0 saturated carbocycles. The van der Waals surface area contributed by atoms with Crippen molar-refractivity contribution in [1.82, 2.24) is 0 Å². The Labute approximate surface area is 120 Å². The van der Waals surface area contributed by atoms with Gasteiger partial charge < -0.3 is 15.2 Å². The van der Waals surface area contributed by atoms with Gasteiger partial charge in [0, 0.05) is 5.69 Å². The number of aryl methyl sites for hydroxylation is 1. The SMILES string of the molecule is CCOc1ccc(C(CO)Nc2cccc(C)c2)cc1. The Morgan fingerprint density at radius 1 is 1.15 bits per heavy atom. The maximum absolute atomic E-state index is 9.59. The van der Waals surface area contributed by atoms with E-state index >= 15 is 0 Å². The van der Waals surface area contributed by atoms with Crippen LogP contribution in [0.2, 0.25) is 0 Å². The molecule has 0 aliphatic rings. The molecular formula is C17H21NO2. The van der Waals surface area contributed by atoms with Crippen LogP contribution in [0.25, 0.3) is 0 Å². The Bertz CT molecular complexity index is 537. The Morgan fingerprint density at radius 3 is 2.50 bits per heavy atom. The van der Waals surface area contributed by atoms with E-state index in [2.05, 4.69) is 24.4 Å². The Hall–Kier alpha value is -2.00. The van der Waals surface area contributed by atoms with Crippen LogP contribution in [-0.2, 0) is 0 Å². The minimum Gasteiger partial charge on any atom is -0.494 e. The van der Waals surface area contributed by atoms with Gasteiger partial charge in [-0.15, -0.1) is 0 Å². The summed E-state index contributed by atoms with van der Waals surface area (Å²) in [5, 5.41) is 12.9. The van der Waals surface area contributed by atoms with Gasteiger partial charge in [-0.05, 0) is 49.2 Å². The molecule has 2 aromatic carbocycles. The Kier molecular flexibility index (Phi) is 5.02. The van der Waals surface area contributed by atoms with E-state index in [-0.39, 0.29) is 12.6 Å². The number of benzene rings is 2. The minimum atomic E-state index is -0.118. The quantitative estimate of drug-likeness (QED) is 0.844. The van der Waals surface area contributed by atoms with E-state index in [1.807, 2.05) is 43.3 Å². The van der Waals surface area contributed by atoms with Gasteiger partial charge in [0.15, 0.2) is 0 Å². The van der Waals surface area contributed by atoms with Crippen molar-refractivity contribution in [3.63, 3.8) is 0 Å². The summed E-state index contributed by atoms with van der Waals surface area (Å²) in [7, 11) is 0. The van der Waals surface area contributed by atoms with E-state index in [0.717, 1.165) is 17.0 Å². The van der Waals surface area contributed by atoms with Gasteiger partial charge in [-0.3, -0.25) is 0 Å². The summed E-state index contributed by atoms with van der Waals surface area (Å²) in [5.41, 5.74) is 3.24. The third-order valence-corrected chi connectivity index (χ3v) is 3.14. The Balaban J connectivity index is 2.11. The van der Waals surface area contributed by atoms with Crippen molar-refractivity contribution in [2.24, 2.45) is 0 Å². The molecule has 1 atom stereocenters. The van der Waals surface area contributed by atoms with Crippen molar-refractivity contribution >= 4 is 5.69 Å². The van der Waals surface area contributed by atoms with E-state index in [0.29, 0.717) is 6.61 Å². The lowest BCUT2D eigenvalue weighted by molar-refractivity contribution is 0.276. The number of nitrogens with one attached hydrogen (secondary N) is 1. The average Bonchev–Trinajstić information content (AvgIpc) is 2.46. The molecular weight excluding hydrogens is 250 g/mol. The van der Waals surface area contributed by atoms with Crippen molar-refractivity contribution in [2.45, 2.75) is 19.9 Å². The molecule has 2 aromatic rings. The van der Waals surface area contributed by atoms with E-state index in [1.165, 1.54) is 5.56 Å². The number of anilines is 1. The molecule has 0 saturated heterocycles. The summed E-state index contributed by atoms with van der Waals surface area (Å²) in [5.74, 6) is 0.850. The largest absolute Gasteiger partial charge is 0.494 e. The molecule has 0 aromatic heterocycles. The highest BCUT2D eigenvalue weighted by Gasteiger charge is 2.10. The molecule has 20 heavy (non-hydrogen) atoms. The molecule has 0 amide bonds. The summed E-state index contributed by atoms with van der Waals surface area (Å²) >= 11 is 0. The topological polar surface area (TPSA) is 41.5 Å². The van der Waals surface area contributed by atoms with E-state index in [9.17, 15) is 5.11 Å². The lowest BCUT2D eigenvalue weighted by Gasteiger charge is -2.18. The molecule has 0 heterocycles. The fourth-order valence-corrected chi connectivity index (χ4v) is 2.13. The van der Waals surface area contributed by atoms with Gasteiger partial charge in [0.05, 0.1) is 19.3 Å². The smallest absolute Gasteiger partial charge is 0.119 e. The van der Waals surface area contributed by atoms with Crippen molar-refractivity contribution in [2.75, 3.05) is 18.5 Å². The predicted molar refractivity (Wildman–Crippen MR) is 82.2 cm³/mol. The van der Waals surface area contributed by atoms with Gasteiger partial charge in [0.2, 0.25) is 0 Å². The van der Waals surface area contributed by atoms with Crippen molar-refractivity contribution in [3.05, 3.63) is 59.7 Å². The monoisotopic (exact) mass is 271 g/mol. The third kappa shape index (κ3) is 3.75. The first-order valence-electron chi connectivity index (χ1n) is 6.89. The van der Waals surface area contributed by atoms with Crippen LogP contribution in [0.3, 0.4) is 0 Å². The van der Waals surface area contributed by atoms with E-state index in [1.54, 1.807) is 0 Å². The molecule has 1 unspecified atom stereocenters. The third-order valence-electron chi connectivity index (χ3n) is 3.14. The molecule has 3 nitrogen and oxygen atoms in total. The summed E-state index contributed by atoms with van der Waals surface area (Å²) in [6.07, 6.45) is 0. The maximum atomic E-state index is 9.59. The molecule has 106 valence electrons. The number of aliphatic hydroxyl groups excluding tert-OH is 1. The van der Waals surface area contributed by atoms with Crippen molar-refractivity contribution in [1.29, 1.82) is 0 Å². The minimum absolute atomic E-state index is 0.0436. The first-order valence-corrected chi connectivity index (χ1v) is 6.89. The van der Waals surface area contributed by atoms with Crippen LogP contribution in [0, 0.1) is 6.92 Å². The molecule has 2 rings (SSSR count). The molecule has 3 heteroatoms. The number of aliphatic hydroxyl groups is 1. The molecule has 2 N–H and O–H groups in total. The van der Waals surface area contributed by atoms with Crippen LogP contribution in [0.5, 0.6) is 5.75 Å². The second-order valence-corrected chi connectivity index (χ2v) is 4.75. The van der Waals surface area contributed by atoms with Gasteiger partial charge in [-0.25, -0.2) is 0 Å². The zero-order valence-corrected chi connectivity index (χ0v) is 12.0. The van der Waals surface area contributed by atoms with Crippen LogP contribution in [-0.4, -0.2) is 18.3 Å². The number of rotatable bonds is 6. The maximum Gasteiger partial charge on any atom is 0.119 e. The van der Waals surface area contributed by atoms with Gasteiger partial charge in [0.1, 0.15) is 5.75 Å². The van der Waals surface area contributed by atoms with Gasteiger partial charge in [-0.2, -0.15) is 0 Å². The van der Waals surface area contributed by atoms with Crippen LogP contribution < -0.4 is 10.1 Å². The van der Waals surface area contributed by atoms with E-state index < -0.39 is 0 Å². The predicted octanol–water partition coefficient (Wildman–Crippen LogP) is 3.54. The molecule has 0 fully saturated rings. The van der Waals surface area contributed by atoms with Gasteiger partial charge >= 0.3 is 0 Å². The standard InChI is InChI=1S/C17H21NO2/c1-3-20-16-9-7-14(8-10-16)17(12-19)18-15-6-4-5-13(2)11-15/h4-11,17-19H,3,12H2,1-2H3. The number of hydrogen-bond donors (Lipinski definition) is 2. The highest BCUT2D eigenvalue weighted by Crippen LogP contribution is 2.22. The molecule has 0 spiro atoms. The van der Waals surface area contributed by atoms with E-state index in [4.69, 9.17) is 4.74 Å². The summed E-state index contributed by atoms with van der Waals surface area (Å²) in [6, 6.07) is 15.8. The van der Waals surface area contributed by atoms with Crippen LogP contribution >= 0.6 is 0 Å². The lowest BCUT2D eigenvalue weighted by Crippen LogP contribution is -2.14. The molecule has 0 aliphatic heterocycles.